The van der Waals surface area contributed by atoms with Crippen molar-refractivity contribution in [1.29, 1.82) is 0 Å². The minimum absolute atomic E-state index is 0.0591. The van der Waals surface area contributed by atoms with Crippen LogP contribution in [0.15, 0.2) is 52.9 Å². The van der Waals surface area contributed by atoms with Gasteiger partial charge in [0.1, 0.15) is 5.82 Å². The van der Waals surface area contributed by atoms with Gasteiger partial charge < -0.3 is 5.11 Å². The van der Waals surface area contributed by atoms with Gasteiger partial charge in [0.25, 0.3) is 0 Å². The van der Waals surface area contributed by atoms with Crippen LogP contribution in [0, 0.1) is 5.82 Å². The van der Waals surface area contributed by atoms with E-state index in [0.717, 1.165) is 16.0 Å². The first kappa shape index (κ1) is 17.0. The monoisotopic (exact) mass is 379 g/mol. The standard InChI is InChI=1S/C17H11ClFNO2S2/c18-12-5-1-11(2-6-12)16-15(10-3-7-13(19)8-4-10)20-17(24-16)23-9-14(21)22/h1-8H,9H2,(H,21,22). The van der Waals surface area contributed by atoms with E-state index in [-0.39, 0.29) is 11.6 Å². The third-order valence-corrected chi connectivity index (χ3v) is 5.63. The van der Waals surface area contributed by atoms with Crippen LogP contribution in [-0.2, 0) is 4.79 Å². The highest BCUT2D eigenvalue weighted by atomic mass is 35.5. The van der Waals surface area contributed by atoms with Crippen LogP contribution in [0.2, 0.25) is 5.02 Å². The largest absolute Gasteiger partial charge is 0.481 e. The molecule has 3 nitrogen and oxygen atoms in total. The lowest BCUT2D eigenvalue weighted by Crippen LogP contribution is -1.96. The van der Waals surface area contributed by atoms with E-state index < -0.39 is 5.97 Å². The first-order valence-corrected chi connectivity index (χ1v) is 9.08. The minimum atomic E-state index is -0.897. The van der Waals surface area contributed by atoms with E-state index >= 15 is 0 Å². The number of aromatic nitrogens is 1. The molecule has 1 heterocycles. The number of thiazole rings is 1. The van der Waals surface area contributed by atoms with Gasteiger partial charge in [-0.3, -0.25) is 4.79 Å². The van der Waals surface area contributed by atoms with E-state index in [1.165, 1.54) is 35.2 Å². The number of halogens is 2. The van der Waals surface area contributed by atoms with Crippen LogP contribution in [0.1, 0.15) is 0 Å². The summed E-state index contributed by atoms with van der Waals surface area (Å²) in [6.07, 6.45) is 0. The highest BCUT2D eigenvalue weighted by Crippen LogP contribution is 2.40. The molecule has 24 heavy (non-hydrogen) atoms. The Morgan fingerprint density at radius 1 is 1.12 bits per heavy atom. The summed E-state index contributed by atoms with van der Waals surface area (Å²) in [5.41, 5.74) is 2.41. The van der Waals surface area contributed by atoms with Crippen molar-refractivity contribution in [3.63, 3.8) is 0 Å². The minimum Gasteiger partial charge on any atom is -0.481 e. The fourth-order valence-corrected chi connectivity index (χ4v) is 4.10. The van der Waals surface area contributed by atoms with Crippen molar-refractivity contribution >= 4 is 40.7 Å². The molecule has 0 saturated carbocycles. The van der Waals surface area contributed by atoms with Gasteiger partial charge >= 0.3 is 5.97 Å². The summed E-state index contributed by atoms with van der Waals surface area (Å²) in [5.74, 6) is -1.27. The quantitative estimate of drug-likeness (QED) is 0.599. The molecule has 7 heteroatoms. The zero-order valence-electron chi connectivity index (χ0n) is 12.2. The molecule has 0 fully saturated rings. The Bertz CT molecular complexity index is 800. The van der Waals surface area contributed by atoms with Gasteiger partial charge in [-0.25, -0.2) is 9.37 Å². The summed E-state index contributed by atoms with van der Waals surface area (Å²) in [4.78, 5) is 16.2. The van der Waals surface area contributed by atoms with Gasteiger partial charge in [0.05, 0.1) is 16.3 Å². The number of aliphatic carboxylic acids is 1. The molecule has 0 unspecified atom stereocenters. The maximum Gasteiger partial charge on any atom is 0.313 e. The average Bonchev–Trinajstić information content (AvgIpc) is 2.98. The molecule has 1 N–H and O–H groups in total. The van der Waals surface area contributed by atoms with Gasteiger partial charge in [-0.15, -0.1) is 11.3 Å². The third kappa shape index (κ3) is 3.95. The summed E-state index contributed by atoms with van der Waals surface area (Å²) in [6, 6.07) is 13.4. The normalized spacial score (nSPS) is 10.8. The summed E-state index contributed by atoms with van der Waals surface area (Å²) < 4.78 is 13.8. The molecule has 0 aliphatic carbocycles. The van der Waals surface area contributed by atoms with Crippen molar-refractivity contribution in [3.05, 3.63) is 59.4 Å². The van der Waals surface area contributed by atoms with Crippen molar-refractivity contribution in [1.82, 2.24) is 4.98 Å². The number of hydrogen-bond acceptors (Lipinski definition) is 4. The van der Waals surface area contributed by atoms with Crippen LogP contribution in [0.25, 0.3) is 21.7 Å². The van der Waals surface area contributed by atoms with E-state index in [1.54, 1.807) is 24.3 Å². The molecule has 0 aliphatic rings. The fraction of sp³-hybridized carbons (Fsp3) is 0.0588. The van der Waals surface area contributed by atoms with E-state index in [2.05, 4.69) is 4.98 Å². The summed E-state index contributed by atoms with van der Waals surface area (Å²) in [5, 5.41) is 9.48. The number of nitrogens with zero attached hydrogens (tertiary/aromatic N) is 1. The molecule has 3 rings (SSSR count). The lowest BCUT2D eigenvalue weighted by Gasteiger charge is -2.03. The van der Waals surface area contributed by atoms with Crippen LogP contribution < -0.4 is 0 Å². The highest BCUT2D eigenvalue weighted by molar-refractivity contribution is 8.01. The Hall–Kier alpha value is -1.89. The molecular weight excluding hydrogens is 369 g/mol. The Kier molecular flexibility index (Phi) is 5.18. The van der Waals surface area contributed by atoms with Gasteiger partial charge in [-0.2, -0.15) is 0 Å². The van der Waals surface area contributed by atoms with Crippen LogP contribution in [0.5, 0.6) is 0 Å². The van der Waals surface area contributed by atoms with Crippen LogP contribution in [-0.4, -0.2) is 21.8 Å². The Labute approximate surface area is 151 Å². The van der Waals surface area contributed by atoms with E-state index in [0.29, 0.717) is 15.1 Å². The maximum atomic E-state index is 13.2. The molecule has 0 aliphatic heterocycles. The average molecular weight is 380 g/mol. The molecule has 1 aromatic heterocycles. The SMILES string of the molecule is O=C(O)CSc1nc(-c2ccc(F)cc2)c(-c2ccc(Cl)cc2)s1. The van der Waals surface area contributed by atoms with Gasteiger partial charge in [-0.1, -0.05) is 35.5 Å². The van der Waals surface area contributed by atoms with E-state index in [9.17, 15) is 9.18 Å². The second-order valence-corrected chi connectivity index (χ2v) is 7.51. The maximum absolute atomic E-state index is 13.2. The molecule has 122 valence electrons. The molecule has 0 saturated heterocycles. The molecule has 0 radical (unpaired) electrons. The first-order chi connectivity index (χ1) is 11.5. The predicted molar refractivity (Wildman–Crippen MR) is 96.3 cm³/mol. The van der Waals surface area contributed by atoms with Crippen LogP contribution in [0.4, 0.5) is 4.39 Å². The van der Waals surface area contributed by atoms with Crippen LogP contribution in [0.3, 0.4) is 0 Å². The zero-order chi connectivity index (χ0) is 17.1. The molecule has 3 aromatic rings. The van der Waals surface area contributed by atoms with Crippen molar-refractivity contribution in [2.75, 3.05) is 5.75 Å². The summed E-state index contributed by atoms with van der Waals surface area (Å²) >= 11 is 8.52. The zero-order valence-corrected chi connectivity index (χ0v) is 14.6. The van der Waals surface area contributed by atoms with Crippen molar-refractivity contribution < 1.29 is 14.3 Å². The topological polar surface area (TPSA) is 50.2 Å². The lowest BCUT2D eigenvalue weighted by molar-refractivity contribution is -0.133. The molecular formula is C17H11ClFNO2S2. The van der Waals surface area contributed by atoms with Gasteiger partial charge in [0.15, 0.2) is 4.34 Å². The number of thioether (sulfide) groups is 1. The summed E-state index contributed by atoms with van der Waals surface area (Å²) in [6.45, 7) is 0. The Morgan fingerprint density at radius 3 is 2.38 bits per heavy atom. The lowest BCUT2D eigenvalue weighted by atomic mass is 10.1. The predicted octanol–water partition coefficient (Wildman–Crippen LogP) is 5.45. The van der Waals surface area contributed by atoms with Gasteiger partial charge in [-0.05, 0) is 42.0 Å². The number of carbonyl (C=O) groups is 1. The third-order valence-electron chi connectivity index (χ3n) is 3.15. The number of rotatable bonds is 5. The number of hydrogen-bond donors (Lipinski definition) is 1. The molecule has 0 spiro atoms. The second-order valence-electron chi connectivity index (χ2n) is 4.85. The molecule has 2 aromatic carbocycles. The fourth-order valence-electron chi connectivity index (χ4n) is 2.09. The summed E-state index contributed by atoms with van der Waals surface area (Å²) in [7, 11) is 0. The molecule has 0 amide bonds. The Morgan fingerprint density at radius 2 is 1.75 bits per heavy atom. The first-order valence-electron chi connectivity index (χ1n) is 6.90. The van der Waals surface area contributed by atoms with Crippen LogP contribution >= 0.6 is 34.7 Å². The smallest absolute Gasteiger partial charge is 0.313 e. The highest BCUT2D eigenvalue weighted by Gasteiger charge is 2.16. The van der Waals surface area contributed by atoms with Gasteiger partial charge in [0.2, 0.25) is 0 Å². The van der Waals surface area contributed by atoms with E-state index in [1.807, 2.05) is 12.1 Å². The van der Waals surface area contributed by atoms with Crippen molar-refractivity contribution in [3.8, 4) is 21.7 Å². The van der Waals surface area contributed by atoms with E-state index in [4.69, 9.17) is 16.7 Å². The van der Waals surface area contributed by atoms with Gasteiger partial charge in [0, 0.05) is 10.6 Å². The molecule has 0 bridgehead atoms. The second kappa shape index (κ2) is 7.34. The van der Waals surface area contributed by atoms with Crippen molar-refractivity contribution in [2.45, 2.75) is 4.34 Å². The Balaban J connectivity index is 2.05. The van der Waals surface area contributed by atoms with Crippen molar-refractivity contribution in [2.24, 2.45) is 0 Å². The number of carboxylic acids is 1. The number of benzene rings is 2. The molecule has 0 atom stereocenters. The number of carboxylic acid groups (broad SMARTS) is 1.